The van der Waals surface area contributed by atoms with Crippen LogP contribution in [-0.4, -0.2) is 38.7 Å². The van der Waals surface area contributed by atoms with Crippen LogP contribution >= 0.6 is 11.8 Å². The number of thioether (sulfide) groups is 1. The van der Waals surface area contributed by atoms with Crippen molar-refractivity contribution in [2.24, 2.45) is 0 Å². The summed E-state index contributed by atoms with van der Waals surface area (Å²) in [5.74, 6) is 0.652. The number of carbonyl (C=O) groups is 2. The normalized spacial score (nSPS) is 16.8. The summed E-state index contributed by atoms with van der Waals surface area (Å²) in [5, 5.41) is 16.1. The predicted molar refractivity (Wildman–Crippen MR) is 212 cm³/mol. The van der Waals surface area contributed by atoms with Gasteiger partial charge < -0.3 is 30.9 Å². The van der Waals surface area contributed by atoms with E-state index in [1.54, 1.807) is 42.4 Å². The molecule has 0 aliphatic carbocycles. The maximum Gasteiger partial charge on any atom is 0.224 e. The highest BCUT2D eigenvalue weighted by molar-refractivity contribution is 7.99. The quantitative estimate of drug-likeness (QED) is 0.0320. The number of para-hydroxylation sites is 2. The number of ether oxygens (including phenoxy) is 2. The molecule has 0 radical (unpaired) electrons. The van der Waals surface area contributed by atoms with Crippen molar-refractivity contribution < 1.29 is 24.2 Å². The highest BCUT2D eigenvalue weighted by Crippen LogP contribution is 2.39. The fourth-order valence-electron chi connectivity index (χ4n) is 6.28. The van der Waals surface area contributed by atoms with Crippen LogP contribution in [0.4, 0.5) is 11.4 Å². The molecule has 11 heteroatoms. The number of nitrogens with two attached hydrogens (primary N) is 1. The summed E-state index contributed by atoms with van der Waals surface area (Å²) in [6.45, 7) is 0.446. The van der Waals surface area contributed by atoms with Crippen molar-refractivity contribution in [3.63, 3.8) is 0 Å². The van der Waals surface area contributed by atoms with Crippen LogP contribution in [-0.2, 0) is 32.2 Å². The van der Waals surface area contributed by atoms with Crippen molar-refractivity contribution >= 4 is 35.0 Å². The molecular weight excluding hydrogens is 699 g/mol. The molecule has 1 aliphatic heterocycles. The van der Waals surface area contributed by atoms with E-state index in [-0.39, 0.29) is 30.6 Å². The minimum absolute atomic E-state index is 0.00400. The molecule has 54 heavy (non-hydrogen) atoms. The molecule has 1 aliphatic rings. The van der Waals surface area contributed by atoms with Crippen LogP contribution in [0.2, 0.25) is 0 Å². The lowest BCUT2D eigenvalue weighted by Gasteiger charge is -2.36. The standard InChI is InChI=1S/C43H47N5O5S/c44-37-11-5-6-12-38(37)48-41(51)14-4-2-1-3-13-40(50)47-27-31-9-7-10-35(25-31)32-19-21-34(22-20-32)42-52-36(29-54-43-45-23-8-24-46-43)26-39(53-42)33-17-15-30(28-49)16-18-33/h5-12,15-25,36,39,42,49H,1-4,13-14,26-29,44H2,(H,47,50)(H,48,51)/t36-,39+,42+/m0/s1. The first-order valence-corrected chi connectivity index (χ1v) is 19.4. The zero-order chi connectivity index (χ0) is 37.5. The first kappa shape index (κ1) is 38.6. The number of aliphatic hydroxyl groups is 1. The molecule has 0 bridgehead atoms. The molecule has 10 nitrogen and oxygen atoms in total. The number of nitrogens with one attached hydrogen (secondary N) is 2. The van der Waals surface area contributed by atoms with Gasteiger partial charge >= 0.3 is 0 Å². The maximum atomic E-state index is 12.6. The fraction of sp³-hybridized carbons (Fsp3) is 0.302. The molecule has 5 aromatic rings. The van der Waals surface area contributed by atoms with Crippen LogP contribution in [0.5, 0.6) is 0 Å². The van der Waals surface area contributed by atoms with Crippen LogP contribution in [0.1, 0.15) is 79.6 Å². The van der Waals surface area contributed by atoms with E-state index >= 15 is 0 Å². The maximum absolute atomic E-state index is 12.6. The molecule has 2 heterocycles. The van der Waals surface area contributed by atoms with E-state index in [2.05, 4.69) is 44.9 Å². The number of nitrogens with zero attached hydrogens (tertiary/aromatic N) is 2. The molecule has 280 valence electrons. The number of hydrogen-bond acceptors (Lipinski definition) is 9. The van der Waals surface area contributed by atoms with Gasteiger partial charge in [0.15, 0.2) is 11.4 Å². The third-order valence-electron chi connectivity index (χ3n) is 9.28. The van der Waals surface area contributed by atoms with Gasteiger partial charge in [-0.1, -0.05) is 103 Å². The second-order valence-corrected chi connectivity index (χ2v) is 14.3. The monoisotopic (exact) mass is 745 g/mol. The Kier molecular flexibility index (Phi) is 14.2. The average molecular weight is 746 g/mol. The van der Waals surface area contributed by atoms with E-state index in [4.69, 9.17) is 15.2 Å². The topological polar surface area (TPSA) is 149 Å². The molecule has 3 atom stereocenters. The van der Waals surface area contributed by atoms with Crippen molar-refractivity contribution in [2.75, 3.05) is 16.8 Å². The molecule has 1 fully saturated rings. The smallest absolute Gasteiger partial charge is 0.224 e. The van der Waals surface area contributed by atoms with Crippen LogP contribution in [0.3, 0.4) is 0 Å². The van der Waals surface area contributed by atoms with Gasteiger partial charge in [0.25, 0.3) is 0 Å². The number of anilines is 2. The Morgan fingerprint density at radius 2 is 1.48 bits per heavy atom. The first-order chi connectivity index (χ1) is 26.4. The summed E-state index contributed by atoms with van der Waals surface area (Å²) in [4.78, 5) is 33.5. The van der Waals surface area contributed by atoms with Gasteiger partial charge in [-0.2, -0.15) is 0 Å². The van der Waals surface area contributed by atoms with E-state index in [0.717, 1.165) is 59.1 Å². The molecule has 0 spiro atoms. The third-order valence-corrected chi connectivity index (χ3v) is 10.3. The number of aromatic nitrogens is 2. The summed E-state index contributed by atoms with van der Waals surface area (Å²) >= 11 is 1.56. The van der Waals surface area contributed by atoms with E-state index < -0.39 is 6.29 Å². The second-order valence-electron chi connectivity index (χ2n) is 13.3. The van der Waals surface area contributed by atoms with Gasteiger partial charge in [-0.15, -0.1) is 0 Å². The Balaban J connectivity index is 0.975. The van der Waals surface area contributed by atoms with Crippen LogP contribution in [0.15, 0.2) is 121 Å². The van der Waals surface area contributed by atoms with Gasteiger partial charge in [0.05, 0.1) is 30.2 Å². The molecule has 4 aromatic carbocycles. The minimum Gasteiger partial charge on any atom is -0.397 e. The van der Waals surface area contributed by atoms with E-state index in [9.17, 15) is 14.7 Å². The molecule has 1 saturated heterocycles. The van der Waals surface area contributed by atoms with Gasteiger partial charge in [0, 0.05) is 49.5 Å². The Hall–Kier alpha value is -5.07. The van der Waals surface area contributed by atoms with Crippen molar-refractivity contribution in [1.29, 1.82) is 0 Å². The number of benzene rings is 4. The van der Waals surface area contributed by atoms with Crippen molar-refractivity contribution in [2.45, 2.75) is 81.8 Å². The summed E-state index contributed by atoms with van der Waals surface area (Å²) in [7, 11) is 0. The lowest BCUT2D eigenvalue weighted by atomic mass is 9.99. The fourth-order valence-corrected chi connectivity index (χ4v) is 7.10. The minimum atomic E-state index is -0.557. The van der Waals surface area contributed by atoms with Crippen molar-refractivity contribution in [3.05, 3.63) is 138 Å². The Labute approximate surface area is 320 Å². The molecular formula is C43H47N5O5S. The molecule has 5 N–H and O–H groups in total. The number of aliphatic hydroxyl groups excluding tert-OH is 1. The van der Waals surface area contributed by atoms with E-state index in [1.807, 2.05) is 60.7 Å². The van der Waals surface area contributed by atoms with Gasteiger partial charge in [0.2, 0.25) is 11.8 Å². The van der Waals surface area contributed by atoms with Gasteiger partial charge in [-0.3, -0.25) is 9.59 Å². The Morgan fingerprint density at radius 3 is 2.22 bits per heavy atom. The number of hydrogen-bond donors (Lipinski definition) is 4. The predicted octanol–water partition coefficient (Wildman–Crippen LogP) is 8.15. The summed E-state index contributed by atoms with van der Waals surface area (Å²) in [6.07, 6.45) is 7.52. The van der Waals surface area contributed by atoms with E-state index in [0.29, 0.717) is 48.1 Å². The number of unbranched alkanes of at least 4 members (excludes halogenated alkanes) is 3. The number of amides is 2. The highest BCUT2D eigenvalue weighted by atomic mass is 32.2. The molecule has 6 rings (SSSR count). The lowest BCUT2D eigenvalue weighted by molar-refractivity contribution is -0.245. The van der Waals surface area contributed by atoms with Gasteiger partial charge in [0.1, 0.15) is 0 Å². The van der Waals surface area contributed by atoms with Crippen molar-refractivity contribution in [3.8, 4) is 11.1 Å². The first-order valence-electron chi connectivity index (χ1n) is 18.4. The van der Waals surface area contributed by atoms with Crippen molar-refractivity contribution in [1.82, 2.24) is 15.3 Å². The van der Waals surface area contributed by atoms with E-state index in [1.165, 1.54) is 0 Å². The van der Waals surface area contributed by atoms with Crippen LogP contribution < -0.4 is 16.4 Å². The highest BCUT2D eigenvalue weighted by Gasteiger charge is 2.32. The lowest BCUT2D eigenvalue weighted by Crippen LogP contribution is -2.31. The summed E-state index contributed by atoms with van der Waals surface area (Å²) in [5.41, 5.74) is 13.0. The summed E-state index contributed by atoms with van der Waals surface area (Å²) in [6, 6.07) is 33.3. The molecule has 0 unspecified atom stereocenters. The Bertz CT molecular complexity index is 1940. The number of nitrogen functional groups attached to an aromatic ring is 1. The van der Waals surface area contributed by atoms with Gasteiger partial charge in [-0.25, -0.2) is 9.97 Å². The molecule has 0 saturated carbocycles. The third kappa shape index (κ3) is 11.5. The average Bonchev–Trinajstić information content (AvgIpc) is 3.22. The summed E-state index contributed by atoms with van der Waals surface area (Å²) < 4.78 is 13.0. The zero-order valence-corrected chi connectivity index (χ0v) is 31.0. The van der Waals surface area contributed by atoms with Crippen LogP contribution in [0, 0.1) is 0 Å². The molecule has 1 aromatic heterocycles. The van der Waals surface area contributed by atoms with Gasteiger partial charge in [-0.05, 0) is 64.9 Å². The molecule has 2 amide bonds. The number of rotatable bonds is 17. The zero-order valence-electron chi connectivity index (χ0n) is 30.2. The number of carbonyl (C=O) groups excluding carboxylic acids is 2. The largest absolute Gasteiger partial charge is 0.397 e. The van der Waals surface area contributed by atoms with Crippen LogP contribution in [0.25, 0.3) is 11.1 Å². The SMILES string of the molecule is Nc1ccccc1NC(=O)CCCCCCC(=O)NCc1cccc(-c2ccc([C@@H]3O[C@H](CSc4ncccn4)C[C@H](c4ccc(CO)cc4)O3)cc2)c1. The second kappa shape index (κ2) is 19.8. The Morgan fingerprint density at radius 1 is 0.759 bits per heavy atom.